The molecule has 7 heteroatoms. The summed E-state index contributed by atoms with van der Waals surface area (Å²) in [5.41, 5.74) is 2.13. The van der Waals surface area contributed by atoms with Crippen LogP contribution in [0.4, 0.5) is 0 Å². The van der Waals surface area contributed by atoms with Crippen LogP contribution in [0.25, 0.3) is 11.0 Å². The molecule has 3 N–H and O–H groups in total. The normalized spacial score (nSPS) is 21.0. The zero-order valence-corrected chi connectivity index (χ0v) is 17.2. The second-order valence-corrected chi connectivity index (χ2v) is 6.42. The van der Waals surface area contributed by atoms with Gasteiger partial charge in [-0.05, 0) is 44.7 Å². The zero-order chi connectivity index (χ0) is 16.9. The largest absolute Gasteiger partial charge is 0.393 e. The van der Waals surface area contributed by atoms with Crippen LogP contribution in [0.15, 0.2) is 29.3 Å². The van der Waals surface area contributed by atoms with E-state index in [1.54, 1.807) is 0 Å². The van der Waals surface area contributed by atoms with Crippen molar-refractivity contribution >= 4 is 41.0 Å². The molecule has 0 spiro atoms. The van der Waals surface area contributed by atoms with Crippen molar-refractivity contribution in [3.05, 3.63) is 30.1 Å². The van der Waals surface area contributed by atoms with Crippen LogP contribution in [0.3, 0.4) is 0 Å². The van der Waals surface area contributed by atoms with Crippen LogP contribution >= 0.6 is 24.0 Å². The molecule has 0 unspecified atom stereocenters. The van der Waals surface area contributed by atoms with E-state index in [9.17, 15) is 5.11 Å². The number of guanidine groups is 1. The number of benzene rings is 1. The molecule has 3 rings (SSSR count). The quantitative estimate of drug-likeness (QED) is 0.375. The Morgan fingerprint density at radius 2 is 2.00 bits per heavy atom. The molecule has 0 atom stereocenters. The number of aliphatic imine (C=N–C) groups is 1. The molecule has 1 fully saturated rings. The standard InChI is InChI=1S/C18H27N5O.HI/c1-3-19-18(21-13-8-10-14(24)11-9-13)20-12-17-22-15-6-4-5-7-16(15)23(17)2;/h4-7,13-14,24H,3,8-12H2,1-2H3,(H2,19,20,21);1H. The van der Waals surface area contributed by atoms with Crippen LogP contribution in [0, 0.1) is 0 Å². The highest BCUT2D eigenvalue weighted by Gasteiger charge is 2.20. The number of hydrogen-bond donors (Lipinski definition) is 3. The fourth-order valence-corrected chi connectivity index (χ4v) is 3.22. The number of hydrogen-bond acceptors (Lipinski definition) is 3. The molecule has 0 saturated heterocycles. The molecule has 1 aliphatic carbocycles. The van der Waals surface area contributed by atoms with Gasteiger partial charge < -0.3 is 20.3 Å². The predicted octanol–water partition coefficient (Wildman–Crippen LogP) is 2.55. The molecular formula is C18H28IN5O. The van der Waals surface area contributed by atoms with Gasteiger partial charge in [0.05, 0.1) is 17.1 Å². The SMILES string of the molecule is CCNC(=NCc1nc2ccccc2n1C)NC1CCC(O)CC1.I. The maximum Gasteiger partial charge on any atom is 0.191 e. The van der Waals surface area contributed by atoms with E-state index in [-0.39, 0.29) is 30.1 Å². The summed E-state index contributed by atoms with van der Waals surface area (Å²) in [6, 6.07) is 8.52. The number of aryl methyl sites for hydroxylation is 1. The van der Waals surface area contributed by atoms with Crippen molar-refractivity contribution in [3.63, 3.8) is 0 Å². The molecule has 1 heterocycles. The third kappa shape index (κ3) is 5.07. The molecule has 1 aromatic heterocycles. The topological polar surface area (TPSA) is 74.5 Å². The third-order valence-corrected chi connectivity index (χ3v) is 4.64. The third-order valence-electron chi connectivity index (χ3n) is 4.64. The van der Waals surface area contributed by atoms with Crippen LogP contribution in [0.2, 0.25) is 0 Å². The lowest BCUT2D eigenvalue weighted by Gasteiger charge is -2.27. The van der Waals surface area contributed by atoms with Crippen LogP contribution < -0.4 is 10.6 Å². The summed E-state index contributed by atoms with van der Waals surface area (Å²) in [7, 11) is 2.03. The van der Waals surface area contributed by atoms with Crippen LogP contribution in [0.1, 0.15) is 38.4 Å². The smallest absolute Gasteiger partial charge is 0.191 e. The number of rotatable bonds is 4. The average Bonchev–Trinajstić information content (AvgIpc) is 2.91. The lowest BCUT2D eigenvalue weighted by atomic mass is 9.93. The van der Waals surface area contributed by atoms with Crippen LogP contribution in [-0.4, -0.2) is 39.3 Å². The molecule has 6 nitrogen and oxygen atoms in total. The Balaban J connectivity index is 0.00000225. The molecule has 1 saturated carbocycles. The number of fused-ring (bicyclic) bond motifs is 1. The minimum atomic E-state index is -0.137. The van der Waals surface area contributed by atoms with E-state index in [1.165, 1.54) is 0 Å². The second kappa shape index (κ2) is 9.38. The Hall–Kier alpha value is -1.35. The number of para-hydroxylation sites is 2. The molecule has 0 radical (unpaired) electrons. The Morgan fingerprint density at radius 3 is 2.68 bits per heavy atom. The van der Waals surface area contributed by atoms with E-state index < -0.39 is 0 Å². The van der Waals surface area contributed by atoms with Crippen molar-refractivity contribution in [2.24, 2.45) is 12.0 Å². The fourth-order valence-electron chi connectivity index (χ4n) is 3.22. The number of aromatic nitrogens is 2. The molecule has 1 aromatic carbocycles. The number of aliphatic hydroxyl groups is 1. The maximum absolute atomic E-state index is 9.63. The molecule has 2 aromatic rings. The fraction of sp³-hybridized carbons (Fsp3) is 0.556. The summed E-state index contributed by atoms with van der Waals surface area (Å²) in [6.07, 6.45) is 3.56. The molecule has 0 amide bonds. The van der Waals surface area contributed by atoms with Crippen molar-refractivity contribution in [2.45, 2.75) is 51.3 Å². The van der Waals surface area contributed by atoms with Crippen molar-refractivity contribution in [1.82, 2.24) is 20.2 Å². The van der Waals surface area contributed by atoms with E-state index in [0.717, 1.165) is 55.0 Å². The van der Waals surface area contributed by atoms with E-state index in [2.05, 4.69) is 33.2 Å². The van der Waals surface area contributed by atoms with Gasteiger partial charge in [-0.1, -0.05) is 12.1 Å². The van der Waals surface area contributed by atoms with Crippen molar-refractivity contribution in [3.8, 4) is 0 Å². The number of halogens is 1. The van der Waals surface area contributed by atoms with Gasteiger partial charge in [0.25, 0.3) is 0 Å². The zero-order valence-electron chi connectivity index (χ0n) is 14.9. The Kier molecular flexibility index (Phi) is 7.49. The monoisotopic (exact) mass is 457 g/mol. The van der Waals surface area contributed by atoms with Gasteiger partial charge in [-0.2, -0.15) is 0 Å². The van der Waals surface area contributed by atoms with Gasteiger partial charge in [-0.15, -0.1) is 24.0 Å². The average molecular weight is 457 g/mol. The Bertz CT molecular complexity index is 707. The summed E-state index contributed by atoms with van der Waals surface area (Å²) >= 11 is 0. The first-order valence-electron chi connectivity index (χ1n) is 8.80. The van der Waals surface area contributed by atoms with Crippen molar-refractivity contribution in [1.29, 1.82) is 0 Å². The molecule has 25 heavy (non-hydrogen) atoms. The number of nitrogens with one attached hydrogen (secondary N) is 2. The first-order chi connectivity index (χ1) is 11.7. The summed E-state index contributed by atoms with van der Waals surface area (Å²) in [5.74, 6) is 1.78. The lowest BCUT2D eigenvalue weighted by molar-refractivity contribution is 0.120. The first-order valence-corrected chi connectivity index (χ1v) is 8.80. The molecule has 138 valence electrons. The Labute approximate surface area is 166 Å². The van der Waals surface area contributed by atoms with Crippen molar-refractivity contribution < 1.29 is 5.11 Å². The number of nitrogens with zero attached hydrogens (tertiary/aromatic N) is 3. The summed E-state index contributed by atoms with van der Waals surface area (Å²) in [6.45, 7) is 3.43. The van der Waals surface area contributed by atoms with E-state index in [0.29, 0.717) is 12.6 Å². The highest BCUT2D eigenvalue weighted by Crippen LogP contribution is 2.18. The molecule has 0 aliphatic heterocycles. The molecular weight excluding hydrogens is 429 g/mol. The Morgan fingerprint density at radius 1 is 1.28 bits per heavy atom. The lowest BCUT2D eigenvalue weighted by Crippen LogP contribution is -2.45. The van der Waals surface area contributed by atoms with E-state index in [1.807, 2.05) is 25.2 Å². The molecule has 1 aliphatic rings. The number of imidazole rings is 1. The number of aliphatic hydroxyl groups excluding tert-OH is 1. The summed E-state index contributed by atoms with van der Waals surface area (Å²) in [5, 5.41) is 16.4. The highest BCUT2D eigenvalue weighted by atomic mass is 127. The molecule has 0 bridgehead atoms. The minimum absolute atomic E-state index is 0. The first kappa shape index (κ1) is 20.0. The van der Waals surface area contributed by atoms with Gasteiger partial charge in [0.1, 0.15) is 12.4 Å². The van der Waals surface area contributed by atoms with Gasteiger partial charge in [0, 0.05) is 19.6 Å². The van der Waals surface area contributed by atoms with Crippen LogP contribution in [0.5, 0.6) is 0 Å². The second-order valence-electron chi connectivity index (χ2n) is 6.42. The van der Waals surface area contributed by atoms with Gasteiger partial charge in [0.2, 0.25) is 0 Å². The van der Waals surface area contributed by atoms with Gasteiger partial charge >= 0.3 is 0 Å². The summed E-state index contributed by atoms with van der Waals surface area (Å²) in [4.78, 5) is 9.37. The van der Waals surface area contributed by atoms with Gasteiger partial charge in [0.15, 0.2) is 5.96 Å². The minimum Gasteiger partial charge on any atom is -0.393 e. The van der Waals surface area contributed by atoms with Crippen molar-refractivity contribution in [2.75, 3.05) is 6.54 Å². The van der Waals surface area contributed by atoms with E-state index in [4.69, 9.17) is 4.99 Å². The summed E-state index contributed by atoms with van der Waals surface area (Å²) < 4.78 is 2.10. The van der Waals surface area contributed by atoms with Gasteiger partial charge in [-0.25, -0.2) is 9.98 Å². The van der Waals surface area contributed by atoms with Gasteiger partial charge in [-0.3, -0.25) is 0 Å². The predicted molar refractivity (Wildman–Crippen MR) is 112 cm³/mol. The van der Waals surface area contributed by atoms with E-state index >= 15 is 0 Å². The maximum atomic E-state index is 9.63. The van der Waals surface area contributed by atoms with Crippen LogP contribution in [-0.2, 0) is 13.6 Å². The highest BCUT2D eigenvalue weighted by molar-refractivity contribution is 14.0.